The molecule has 1 aromatic heterocycles. The molecule has 1 saturated heterocycles. The van der Waals surface area contributed by atoms with Crippen LogP contribution in [0.15, 0.2) is 85.1 Å². The first kappa shape index (κ1) is 48.2. The summed E-state index contributed by atoms with van der Waals surface area (Å²) in [5, 5.41) is 44.8. The van der Waals surface area contributed by atoms with Gasteiger partial charge in [-0.1, -0.05) is 73.5 Å². The summed E-state index contributed by atoms with van der Waals surface area (Å²) in [7, 11) is 1.27. The number of amides is 6. The summed E-state index contributed by atoms with van der Waals surface area (Å²) in [4.78, 5) is 102. The molecule has 1 aliphatic heterocycles. The number of fused-ring (bicyclic) bond motifs is 1. The number of carboxylic acids is 1. The largest absolute Gasteiger partial charge is 0.508 e. The van der Waals surface area contributed by atoms with E-state index < -0.39 is 96.6 Å². The van der Waals surface area contributed by atoms with Crippen LogP contribution in [0, 0.1) is 0 Å². The van der Waals surface area contributed by atoms with Crippen molar-refractivity contribution in [3.63, 3.8) is 0 Å². The Morgan fingerprint density at radius 2 is 1.25 bits per heavy atom. The minimum atomic E-state index is -1.63. The van der Waals surface area contributed by atoms with Crippen molar-refractivity contribution in [2.24, 2.45) is 5.73 Å². The monoisotopic (exact) mass is 882 g/mol. The molecule has 18 nitrogen and oxygen atoms in total. The van der Waals surface area contributed by atoms with Crippen LogP contribution in [0.1, 0.15) is 62.1 Å². The Hall–Kier alpha value is -6.79. The van der Waals surface area contributed by atoms with Crippen molar-refractivity contribution in [1.82, 2.24) is 36.5 Å². The number of aliphatic hydroxyl groups excluding tert-OH is 1. The zero-order valence-electron chi connectivity index (χ0n) is 35.9. The van der Waals surface area contributed by atoms with Crippen molar-refractivity contribution < 1.29 is 48.9 Å². The summed E-state index contributed by atoms with van der Waals surface area (Å²) in [6.45, 7) is 1.67. The zero-order valence-corrected chi connectivity index (χ0v) is 35.9. The number of likely N-dealkylation sites (N-methyl/N-ethyl adjacent to an activating group) is 1. The van der Waals surface area contributed by atoms with E-state index in [1.807, 2.05) is 24.3 Å². The molecule has 1 fully saturated rings. The van der Waals surface area contributed by atoms with E-state index in [1.54, 1.807) is 48.7 Å². The molecular weight excluding hydrogens is 825 g/mol. The highest BCUT2D eigenvalue weighted by molar-refractivity contribution is 5.99. The van der Waals surface area contributed by atoms with Gasteiger partial charge in [0.15, 0.2) is 0 Å². The first-order valence-corrected chi connectivity index (χ1v) is 21.4. The van der Waals surface area contributed by atoms with Crippen LogP contribution in [0.4, 0.5) is 0 Å². The van der Waals surface area contributed by atoms with Crippen molar-refractivity contribution in [2.45, 2.75) is 107 Å². The number of aromatic amines is 1. The normalized spacial score (nSPS) is 22.3. The maximum Gasteiger partial charge on any atom is 0.303 e. The van der Waals surface area contributed by atoms with Gasteiger partial charge in [0, 0.05) is 49.8 Å². The van der Waals surface area contributed by atoms with Crippen LogP contribution in [0.5, 0.6) is 5.75 Å². The summed E-state index contributed by atoms with van der Waals surface area (Å²) in [5.74, 6) is -6.35. The molecule has 3 aromatic carbocycles. The molecule has 0 aliphatic carbocycles. The van der Waals surface area contributed by atoms with E-state index in [4.69, 9.17) is 5.73 Å². The van der Waals surface area contributed by atoms with Crippen LogP contribution in [-0.2, 0) is 52.8 Å². The van der Waals surface area contributed by atoms with Gasteiger partial charge >= 0.3 is 5.97 Å². The lowest BCUT2D eigenvalue weighted by molar-refractivity contribution is -0.145. The number of carboxylic acid groups (broad SMARTS) is 1. The first-order valence-electron chi connectivity index (χ1n) is 21.4. The van der Waals surface area contributed by atoms with Crippen molar-refractivity contribution in [3.05, 3.63) is 102 Å². The average molecular weight is 883 g/mol. The highest BCUT2D eigenvalue weighted by atomic mass is 16.4. The van der Waals surface area contributed by atoms with Crippen LogP contribution in [-0.4, -0.2) is 123 Å². The maximum absolute atomic E-state index is 14.6. The number of nitrogens with one attached hydrogen (secondary N) is 6. The Kier molecular flexibility index (Phi) is 17.4. The van der Waals surface area contributed by atoms with E-state index in [1.165, 1.54) is 26.1 Å². The highest BCUT2D eigenvalue weighted by Crippen LogP contribution is 2.21. The number of carbonyl (C=O) groups is 7. The van der Waals surface area contributed by atoms with Gasteiger partial charge in [0.05, 0.1) is 6.10 Å². The van der Waals surface area contributed by atoms with Crippen LogP contribution in [0.2, 0.25) is 0 Å². The lowest BCUT2D eigenvalue weighted by Gasteiger charge is -2.33. The van der Waals surface area contributed by atoms with Gasteiger partial charge in [0.25, 0.3) is 0 Å². The number of para-hydroxylation sites is 1. The van der Waals surface area contributed by atoms with Gasteiger partial charge in [-0.25, -0.2) is 0 Å². The second-order valence-corrected chi connectivity index (χ2v) is 16.1. The van der Waals surface area contributed by atoms with Crippen LogP contribution in [0.3, 0.4) is 0 Å². The number of unbranched alkanes of at least 4 members (excludes halogenated alkanes) is 2. The van der Waals surface area contributed by atoms with Crippen LogP contribution < -0.4 is 32.3 Å². The summed E-state index contributed by atoms with van der Waals surface area (Å²) in [6, 6.07) is 13.3. The molecule has 5 rings (SSSR count). The molecule has 18 heteroatoms. The average Bonchev–Trinajstić information content (AvgIpc) is 3.68. The predicted octanol–water partition coefficient (Wildman–Crippen LogP) is 0.931. The first-order chi connectivity index (χ1) is 30.6. The van der Waals surface area contributed by atoms with E-state index in [-0.39, 0.29) is 31.4 Å². The molecule has 342 valence electrons. The summed E-state index contributed by atoms with van der Waals surface area (Å²) in [5.41, 5.74) is 8.23. The molecule has 1 aliphatic rings. The van der Waals surface area contributed by atoms with Gasteiger partial charge in [-0.3, -0.25) is 33.6 Å². The van der Waals surface area contributed by atoms with Crippen LogP contribution >= 0.6 is 0 Å². The fourth-order valence-electron chi connectivity index (χ4n) is 7.69. The second-order valence-electron chi connectivity index (χ2n) is 16.1. The maximum atomic E-state index is 14.6. The van der Waals surface area contributed by atoms with E-state index in [2.05, 4.69) is 31.6 Å². The van der Waals surface area contributed by atoms with E-state index in [0.717, 1.165) is 15.8 Å². The molecule has 0 bridgehead atoms. The molecular formula is C46H58N8O10. The smallest absolute Gasteiger partial charge is 0.303 e. The number of aliphatic carboxylic acids is 1. The molecule has 0 unspecified atom stereocenters. The van der Waals surface area contributed by atoms with Crippen molar-refractivity contribution in [3.8, 4) is 5.75 Å². The topological polar surface area (TPSA) is 285 Å². The Labute approximate surface area is 370 Å². The number of benzene rings is 3. The lowest BCUT2D eigenvalue weighted by Crippen LogP contribution is -2.63. The lowest BCUT2D eigenvalue weighted by atomic mass is 9.99. The van der Waals surface area contributed by atoms with E-state index >= 15 is 0 Å². The number of carbonyl (C=O) groups excluding carboxylic acids is 6. The van der Waals surface area contributed by atoms with Gasteiger partial charge in [0.1, 0.15) is 42.0 Å². The summed E-state index contributed by atoms with van der Waals surface area (Å²) >= 11 is 0. The number of aromatic hydroxyl groups is 1. The number of phenolic OH excluding ortho intramolecular Hbond substituents is 1. The molecule has 11 N–H and O–H groups in total. The third-order valence-corrected chi connectivity index (χ3v) is 11.3. The van der Waals surface area contributed by atoms with Gasteiger partial charge < -0.3 is 57.5 Å². The fraction of sp³-hybridized carbons (Fsp3) is 0.413. The number of aliphatic hydroxyl groups is 1. The van der Waals surface area contributed by atoms with E-state index in [0.29, 0.717) is 42.5 Å². The molecule has 0 spiro atoms. The number of nitrogens with two attached hydrogens (primary N) is 1. The molecule has 7 atom stereocenters. The molecule has 0 saturated carbocycles. The summed E-state index contributed by atoms with van der Waals surface area (Å²) < 4.78 is 0. The molecule has 0 radical (unpaired) electrons. The Balaban J connectivity index is 1.62. The minimum Gasteiger partial charge on any atom is -0.508 e. The van der Waals surface area contributed by atoms with Gasteiger partial charge in [-0.15, -0.1) is 0 Å². The third-order valence-electron chi connectivity index (χ3n) is 11.3. The van der Waals surface area contributed by atoms with Crippen molar-refractivity contribution in [2.75, 3.05) is 13.6 Å². The quantitative estimate of drug-likeness (QED) is 0.0750. The highest BCUT2D eigenvalue weighted by Gasteiger charge is 2.38. The second kappa shape index (κ2) is 23.1. The van der Waals surface area contributed by atoms with Crippen molar-refractivity contribution >= 4 is 52.3 Å². The number of H-pyrrole nitrogens is 1. The van der Waals surface area contributed by atoms with Crippen molar-refractivity contribution in [1.29, 1.82) is 0 Å². The van der Waals surface area contributed by atoms with Crippen LogP contribution in [0.25, 0.3) is 10.9 Å². The standard InChI is InChI=1S/C46H58N8O10/c1-27(55)40-45(63)52-37(24-28-11-5-3-6-12-28)46(64)54(2)38(20-21-39(57)58)44(62)51-35(23-29-16-18-31(56)19-17-29)42(60)50-36(25-30-26-48-33-14-9-8-13-32(30)33)43(61)49-34(41(59)53-40)15-7-4-10-22-47/h3,5-6,8-9,11-14,16-19,26-27,34-38,40,48,55-56H,4,7,10,15,20-25,47H2,1-2H3,(H,49,61)(H,50,60)(H,51,62)(H,52,63)(H,53,59)(H,57,58)/t27-,34+,35+,36-,37+,38+,40+/m1/s1. The number of phenols is 1. The van der Waals surface area contributed by atoms with E-state index in [9.17, 15) is 48.9 Å². The third kappa shape index (κ3) is 13.4. The fourth-order valence-corrected chi connectivity index (χ4v) is 7.69. The number of hydrogen-bond acceptors (Lipinski definition) is 10. The summed E-state index contributed by atoms with van der Waals surface area (Å²) in [6.07, 6.45) is 0.663. The molecule has 6 amide bonds. The van der Waals surface area contributed by atoms with Gasteiger partial charge in [-0.05, 0) is 67.6 Å². The zero-order chi connectivity index (χ0) is 46.3. The van der Waals surface area contributed by atoms with Gasteiger partial charge in [0.2, 0.25) is 35.4 Å². The predicted molar refractivity (Wildman–Crippen MR) is 236 cm³/mol. The Bertz CT molecular complexity index is 2250. The molecule has 64 heavy (non-hydrogen) atoms. The number of aromatic nitrogens is 1. The minimum absolute atomic E-state index is 0.0511. The van der Waals surface area contributed by atoms with Gasteiger partial charge in [-0.2, -0.15) is 0 Å². The number of rotatable bonds is 15. The Morgan fingerprint density at radius 1 is 0.672 bits per heavy atom. The number of hydrogen-bond donors (Lipinski definition) is 10. The SMILES string of the molecule is C[C@@H](O)[C@@H]1NC(=O)[C@H](CCCCCN)NC(=O)[C@@H](Cc2c[nH]c3ccccc23)NC(=O)[C@H](Cc2ccc(O)cc2)NC(=O)[C@H](CCC(=O)O)N(C)C(=O)[C@H](Cc2ccccc2)NC1=O. The molecule has 4 aromatic rings. The molecule has 2 heterocycles. The number of nitrogens with zero attached hydrogens (tertiary/aromatic N) is 1. The Morgan fingerprint density at radius 3 is 1.92 bits per heavy atom.